The number of nitrogens with two attached hydrogens (primary N) is 1. The van der Waals surface area contributed by atoms with Gasteiger partial charge in [0, 0.05) is 32.2 Å². The van der Waals surface area contributed by atoms with Crippen molar-refractivity contribution in [3.8, 4) is 0 Å². The molecule has 5 nitrogen and oxygen atoms in total. The molecule has 0 saturated carbocycles. The van der Waals surface area contributed by atoms with Gasteiger partial charge in [0.1, 0.15) is 0 Å². The second-order valence-electron chi connectivity index (χ2n) is 7.04. The van der Waals surface area contributed by atoms with Crippen LogP contribution >= 0.6 is 0 Å². The molecule has 3 rings (SSSR count). The number of hydrogen-bond acceptors (Lipinski definition) is 3. The summed E-state index contributed by atoms with van der Waals surface area (Å²) in [7, 11) is 0. The summed E-state index contributed by atoms with van der Waals surface area (Å²) in [6.45, 7) is 5.43. The largest absolute Gasteiger partial charge is 0.334 e. The van der Waals surface area contributed by atoms with E-state index in [0.29, 0.717) is 13.1 Å². The average Bonchev–Trinajstić information content (AvgIpc) is 3.14. The number of likely N-dealkylation sites (tertiary alicyclic amines) is 2. The van der Waals surface area contributed by atoms with Gasteiger partial charge in [0.2, 0.25) is 0 Å². The maximum absolute atomic E-state index is 12.4. The lowest BCUT2D eigenvalue weighted by atomic mass is 10.0. The van der Waals surface area contributed by atoms with Gasteiger partial charge in [-0.05, 0) is 56.3 Å². The minimum Gasteiger partial charge on any atom is -0.334 e. The molecule has 5 heteroatoms. The number of urea groups is 1. The summed E-state index contributed by atoms with van der Waals surface area (Å²) in [5, 5.41) is 3.05. The normalized spacial score (nSPS) is 21.9. The number of carbonyl (C=O) groups excluding carboxylic acids is 1. The number of benzene rings is 1. The molecule has 2 aliphatic rings. The minimum absolute atomic E-state index is 0.0197. The first kappa shape index (κ1) is 17.2. The van der Waals surface area contributed by atoms with Gasteiger partial charge in [0.25, 0.3) is 0 Å². The fourth-order valence-corrected chi connectivity index (χ4v) is 3.75. The highest BCUT2D eigenvalue weighted by Crippen LogP contribution is 2.16. The number of amides is 2. The van der Waals surface area contributed by atoms with Crippen molar-refractivity contribution < 1.29 is 4.79 Å². The van der Waals surface area contributed by atoms with E-state index in [-0.39, 0.29) is 12.1 Å². The summed E-state index contributed by atoms with van der Waals surface area (Å²) in [5.41, 5.74) is 8.30. The van der Waals surface area contributed by atoms with E-state index in [2.05, 4.69) is 34.5 Å². The van der Waals surface area contributed by atoms with Crippen molar-refractivity contribution in [2.75, 3.05) is 26.2 Å². The van der Waals surface area contributed by atoms with Crippen LogP contribution in [0.4, 0.5) is 4.79 Å². The van der Waals surface area contributed by atoms with Crippen molar-refractivity contribution in [2.24, 2.45) is 5.73 Å². The first-order chi connectivity index (χ1) is 11.8. The number of piperidine rings is 1. The van der Waals surface area contributed by atoms with E-state index in [1.807, 2.05) is 4.90 Å². The molecule has 0 spiro atoms. The highest BCUT2D eigenvalue weighted by molar-refractivity contribution is 5.74. The van der Waals surface area contributed by atoms with E-state index in [9.17, 15) is 4.79 Å². The van der Waals surface area contributed by atoms with Crippen molar-refractivity contribution in [2.45, 2.75) is 51.2 Å². The smallest absolute Gasteiger partial charge is 0.317 e. The molecule has 3 N–H and O–H groups in total. The molecule has 2 saturated heterocycles. The Hall–Kier alpha value is -1.59. The molecule has 0 unspecified atom stereocenters. The van der Waals surface area contributed by atoms with Crippen molar-refractivity contribution in [1.29, 1.82) is 0 Å². The summed E-state index contributed by atoms with van der Waals surface area (Å²) >= 11 is 0. The molecule has 132 valence electrons. The summed E-state index contributed by atoms with van der Waals surface area (Å²) < 4.78 is 0. The predicted octanol–water partition coefficient (Wildman–Crippen LogP) is 2.31. The third-order valence-electron chi connectivity index (χ3n) is 5.23. The molecule has 0 bridgehead atoms. The predicted molar refractivity (Wildman–Crippen MR) is 96.6 cm³/mol. The zero-order valence-electron chi connectivity index (χ0n) is 14.5. The summed E-state index contributed by atoms with van der Waals surface area (Å²) in [6, 6.07) is 8.84. The first-order valence-corrected chi connectivity index (χ1v) is 9.31. The van der Waals surface area contributed by atoms with Crippen molar-refractivity contribution >= 4 is 6.03 Å². The third-order valence-corrected chi connectivity index (χ3v) is 5.23. The standard InChI is InChI=1S/C19H30N4O/c20-13-18-5-1-2-12-23(18)19(24)21-14-16-6-8-17(9-7-16)15-22-10-3-4-11-22/h6-9,18H,1-5,10-15,20H2,(H,21,24)/t18-/m1/s1. The average molecular weight is 330 g/mol. The monoisotopic (exact) mass is 330 g/mol. The zero-order chi connectivity index (χ0) is 16.8. The number of rotatable bonds is 5. The molecule has 2 fully saturated rings. The molecule has 0 radical (unpaired) electrons. The van der Waals surface area contributed by atoms with Gasteiger partial charge in [-0.3, -0.25) is 4.90 Å². The Balaban J connectivity index is 1.47. The quantitative estimate of drug-likeness (QED) is 0.871. The van der Waals surface area contributed by atoms with Crippen LogP contribution in [0.1, 0.15) is 43.2 Å². The molecule has 2 amide bonds. The van der Waals surface area contributed by atoms with Gasteiger partial charge in [-0.1, -0.05) is 24.3 Å². The van der Waals surface area contributed by atoms with Crippen LogP contribution in [0.3, 0.4) is 0 Å². The lowest BCUT2D eigenvalue weighted by Crippen LogP contribution is -2.51. The number of nitrogens with one attached hydrogen (secondary N) is 1. The third kappa shape index (κ3) is 4.48. The Morgan fingerprint density at radius 1 is 1.04 bits per heavy atom. The van der Waals surface area contributed by atoms with Gasteiger partial charge in [-0.2, -0.15) is 0 Å². The molecule has 2 aliphatic heterocycles. The van der Waals surface area contributed by atoms with Crippen LogP contribution in [0.15, 0.2) is 24.3 Å². The fourth-order valence-electron chi connectivity index (χ4n) is 3.75. The van der Waals surface area contributed by atoms with Crippen molar-refractivity contribution in [3.63, 3.8) is 0 Å². The van der Waals surface area contributed by atoms with Crippen LogP contribution in [-0.4, -0.2) is 48.1 Å². The van der Waals surface area contributed by atoms with Crippen LogP contribution in [0.2, 0.25) is 0 Å². The molecular formula is C19H30N4O. The van der Waals surface area contributed by atoms with Gasteiger partial charge in [0.15, 0.2) is 0 Å². The van der Waals surface area contributed by atoms with Crippen molar-refractivity contribution in [3.05, 3.63) is 35.4 Å². The van der Waals surface area contributed by atoms with Crippen LogP contribution in [0.5, 0.6) is 0 Å². The molecule has 1 aromatic rings. The number of nitrogens with zero attached hydrogens (tertiary/aromatic N) is 2. The van der Waals surface area contributed by atoms with Gasteiger partial charge >= 0.3 is 6.03 Å². The van der Waals surface area contributed by atoms with E-state index >= 15 is 0 Å². The Morgan fingerprint density at radius 2 is 1.71 bits per heavy atom. The number of carbonyl (C=O) groups is 1. The molecular weight excluding hydrogens is 300 g/mol. The Morgan fingerprint density at radius 3 is 2.42 bits per heavy atom. The molecule has 1 aromatic carbocycles. The first-order valence-electron chi connectivity index (χ1n) is 9.31. The highest BCUT2D eigenvalue weighted by atomic mass is 16.2. The van der Waals surface area contributed by atoms with E-state index < -0.39 is 0 Å². The summed E-state index contributed by atoms with van der Waals surface area (Å²) in [5.74, 6) is 0. The molecule has 2 heterocycles. The maximum atomic E-state index is 12.4. The van der Waals surface area contributed by atoms with Crippen LogP contribution < -0.4 is 11.1 Å². The SMILES string of the molecule is NC[C@H]1CCCCN1C(=O)NCc1ccc(CN2CCCC2)cc1. The highest BCUT2D eigenvalue weighted by Gasteiger charge is 2.25. The summed E-state index contributed by atoms with van der Waals surface area (Å²) in [6.07, 6.45) is 5.92. The second kappa shape index (κ2) is 8.49. The van der Waals surface area contributed by atoms with Gasteiger partial charge in [-0.25, -0.2) is 4.79 Å². The van der Waals surface area contributed by atoms with Gasteiger partial charge in [-0.15, -0.1) is 0 Å². The van der Waals surface area contributed by atoms with Crippen LogP contribution in [-0.2, 0) is 13.1 Å². The van der Waals surface area contributed by atoms with E-state index in [0.717, 1.165) is 31.5 Å². The lowest BCUT2D eigenvalue weighted by molar-refractivity contribution is 0.153. The molecule has 0 aliphatic carbocycles. The van der Waals surface area contributed by atoms with E-state index in [1.165, 1.54) is 37.9 Å². The Labute approximate surface area is 145 Å². The summed E-state index contributed by atoms with van der Waals surface area (Å²) in [4.78, 5) is 16.8. The van der Waals surface area contributed by atoms with Gasteiger partial charge < -0.3 is 16.0 Å². The Kier molecular flexibility index (Phi) is 6.10. The van der Waals surface area contributed by atoms with Gasteiger partial charge in [0.05, 0.1) is 0 Å². The topological polar surface area (TPSA) is 61.6 Å². The molecule has 0 aromatic heterocycles. The van der Waals surface area contributed by atoms with E-state index in [4.69, 9.17) is 5.73 Å². The maximum Gasteiger partial charge on any atom is 0.317 e. The molecule has 1 atom stereocenters. The number of hydrogen-bond donors (Lipinski definition) is 2. The van der Waals surface area contributed by atoms with Crippen LogP contribution in [0, 0.1) is 0 Å². The minimum atomic E-state index is 0.0197. The second-order valence-corrected chi connectivity index (χ2v) is 7.04. The lowest BCUT2D eigenvalue weighted by Gasteiger charge is -2.35. The van der Waals surface area contributed by atoms with Crippen LogP contribution in [0.25, 0.3) is 0 Å². The van der Waals surface area contributed by atoms with Crippen molar-refractivity contribution in [1.82, 2.24) is 15.1 Å². The zero-order valence-corrected chi connectivity index (χ0v) is 14.5. The fraction of sp³-hybridized carbons (Fsp3) is 0.632. The van der Waals surface area contributed by atoms with E-state index in [1.54, 1.807) is 0 Å². The Bertz CT molecular complexity index is 525. The molecule has 24 heavy (non-hydrogen) atoms.